The van der Waals surface area contributed by atoms with Gasteiger partial charge in [-0.2, -0.15) is 4.98 Å². The van der Waals surface area contributed by atoms with Crippen LogP contribution in [0.25, 0.3) is 11.0 Å². The Kier molecular flexibility index (Phi) is 5.56. The van der Waals surface area contributed by atoms with Crippen molar-refractivity contribution in [1.29, 1.82) is 5.41 Å². The van der Waals surface area contributed by atoms with Gasteiger partial charge in [-0.05, 0) is 63.2 Å². The highest BCUT2D eigenvalue weighted by molar-refractivity contribution is 5.97. The summed E-state index contributed by atoms with van der Waals surface area (Å²) in [6.07, 6.45) is 8.58. The van der Waals surface area contributed by atoms with Gasteiger partial charge in [-0.3, -0.25) is 10.2 Å². The monoisotopic (exact) mass is 417 g/mol. The first-order chi connectivity index (χ1) is 14.9. The van der Waals surface area contributed by atoms with Crippen molar-refractivity contribution in [2.24, 2.45) is 0 Å². The van der Waals surface area contributed by atoms with Gasteiger partial charge >= 0.3 is 0 Å². The van der Waals surface area contributed by atoms with Gasteiger partial charge in [0.15, 0.2) is 5.65 Å². The van der Waals surface area contributed by atoms with Gasteiger partial charge in [0.25, 0.3) is 5.56 Å². The summed E-state index contributed by atoms with van der Waals surface area (Å²) >= 11 is 0. The zero-order valence-corrected chi connectivity index (χ0v) is 18.1. The van der Waals surface area contributed by atoms with Crippen LogP contribution < -0.4 is 10.9 Å². The quantitative estimate of drug-likeness (QED) is 0.366. The first-order valence-electron chi connectivity index (χ1n) is 10.3. The van der Waals surface area contributed by atoms with Crippen LogP contribution in [0.3, 0.4) is 0 Å². The Morgan fingerprint density at radius 2 is 2.13 bits per heavy atom. The lowest BCUT2D eigenvalue weighted by Crippen LogP contribution is -2.27. The van der Waals surface area contributed by atoms with Crippen LogP contribution >= 0.6 is 0 Å². The molecule has 8 nitrogen and oxygen atoms in total. The summed E-state index contributed by atoms with van der Waals surface area (Å²) in [6, 6.07) is 6.85. The van der Waals surface area contributed by atoms with E-state index in [0.717, 1.165) is 18.5 Å². The standard InChI is InChI=1S/C23H27N7O/c1-5-7-20(24)30-21-19(22(31)29(30)10-6-2)14-25-23(27-21)26-17-9-8-15-12-18(28(3)4)13-16(15)11-17/h5-9,11,14,18,24H,2,10,12-13H2,1,3-4H3,(H,25,26,27)/b7-5-,24-20?. The minimum Gasteiger partial charge on any atom is -0.324 e. The van der Waals surface area contributed by atoms with Crippen molar-refractivity contribution in [1.82, 2.24) is 24.2 Å². The van der Waals surface area contributed by atoms with Crippen molar-refractivity contribution in [2.45, 2.75) is 32.4 Å². The lowest BCUT2D eigenvalue weighted by atomic mass is 10.1. The number of fused-ring (bicyclic) bond motifs is 2. The molecular formula is C23H27N7O. The summed E-state index contributed by atoms with van der Waals surface area (Å²) in [5.74, 6) is 0.528. The van der Waals surface area contributed by atoms with Crippen molar-refractivity contribution in [3.05, 3.63) is 70.7 Å². The number of anilines is 2. The number of hydrogen-bond donors (Lipinski definition) is 2. The van der Waals surface area contributed by atoms with E-state index in [0.29, 0.717) is 23.0 Å². The number of likely N-dealkylation sites (N-methyl/N-ethyl adjacent to an activating group) is 1. The van der Waals surface area contributed by atoms with Crippen LogP contribution in [0.15, 0.2) is 54.0 Å². The zero-order valence-electron chi connectivity index (χ0n) is 18.1. The van der Waals surface area contributed by atoms with Gasteiger partial charge in [-0.1, -0.05) is 18.2 Å². The van der Waals surface area contributed by atoms with E-state index < -0.39 is 0 Å². The molecule has 0 aliphatic heterocycles. The molecule has 3 aromatic rings. The molecule has 2 aromatic heterocycles. The molecule has 0 bridgehead atoms. The number of allylic oxidation sites excluding steroid dienone is 3. The number of aromatic nitrogens is 4. The second kappa shape index (κ2) is 8.31. The molecular weight excluding hydrogens is 390 g/mol. The summed E-state index contributed by atoms with van der Waals surface area (Å²) in [6.45, 7) is 5.82. The van der Waals surface area contributed by atoms with Gasteiger partial charge in [0.1, 0.15) is 11.2 Å². The van der Waals surface area contributed by atoms with E-state index in [1.807, 2.05) is 13.0 Å². The van der Waals surface area contributed by atoms with Crippen molar-refractivity contribution >= 4 is 28.5 Å². The molecule has 0 amide bonds. The first-order valence-corrected chi connectivity index (χ1v) is 10.3. The Labute approximate surface area is 181 Å². The highest BCUT2D eigenvalue weighted by Crippen LogP contribution is 2.28. The molecule has 31 heavy (non-hydrogen) atoms. The molecule has 8 heteroatoms. The molecule has 0 radical (unpaired) electrons. The van der Waals surface area contributed by atoms with Crippen LogP contribution in [-0.2, 0) is 19.4 Å². The van der Waals surface area contributed by atoms with Crippen LogP contribution in [0, 0.1) is 5.41 Å². The number of hydrogen-bond acceptors (Lipinski definition) is 6. The second-order valence-corrected chi connectivity index (χ2v) is 7.94. The Morgan fingerprint density at radius 3 is 2.84 bits per heavy atom. The molecule has 4 rings (SSSR count). The third-order valence-electron chi connectivity index (χ3n) is 5.63. The normalized spacial score (nSPS) is 15.7. The average Bonchev–Trinajstić information content (AvgIpc) is 3.28. The molecule has 2 N–H and O–H groups in total. The molecule has 1 unspecified atom stereocenters. The number of rotatable bonds is 6. The van der Waals surface area contributed by atoms with Gasteiger partial charge in [-0.15, -0.1) is 6.58 Å². The Bertz CT molecular complexity index is 1250. The third-order valence-corrected chi connectivity index (χ3v) is 5.63. The maximum absolute atomic E-state index is 12.8. The summed E-state index contributed by atoms with van der Waals surface area (Å²) < 4.78 is 2.94. The molecule has 2 heterocycles. The number of nitrogens with zero attached hydrogens (tertiary/aromatic N) is 5. The van der Waals surface area contributed by atoms with Crippen LogP contribution in [0.5, 0.6) is 0 Å². The molecule has 1 aliphatic rings. The smallest absolute Gasteiger partial charge is 0.278 e. The van der Waals surface area contributed by atoms with E-state index in [9.17, 15) is 4.79 Å². The Balaban J connectivity index is 1.71. The highest BCUT2D eigenvalue weighted by atomic mass is 16.1. The topological polar surface area (TPSA) is 91.8 Å². The highest BCUT2D eigenvalue weighted by Gasteiger charge is 2.23. The van der Waals surface area contributed by atoms with Crippen LogP contribution in [0.2, 0.25) is 0 Å². The average molecular weight is 418 g/mol. The summed E-state index contributed by atoms with van der Waals surface area (Å²) in [5.41, 5.74) is 3.74. The molecule has 0 fully saturated rings. The summed E-state index contributed by atoms with van der Waals surface area (Å²) in [4.78, 5) is 24.0. The predicted molar refractivity (Wildman–Crippen MR) is 125 cm³/mol. The SMILES string of the molecule is C=CCn1c(=O)c2cnc(Nc3ccc4c(c3)CC(N(C)C)C4)nc2n1C(=N)/C=C\C. The fourth-order valence-corrected chi connectivity index (χ4v) is 4.02. The van der Waals surface area contributed by atoms with Crippen molar-refractivity contribution < 1.29 is 0 Å². The largest absolute Gasteiger partial charge is 0.324 e. The Hall–Kier alpha value is -3.52. The van der Waals surface area contributed by atoms with E-state index in [4.69, 9.17) is 5.41 Å². The fraction of sp³-hybridized carbons (Fsp3) is 0.304. The molecule has 1 aliphatic carbocycles. The van der Waals surface area contributed by atoms with E-state index in [-0.39, 0.29) is 17.9 Å². The lowest BCUT2D eigenvalue weighted by molar-refractivity contribution is 0.303. The van der Waals surface area contributed by atoms with Crippen molar-refractivity contribution in [3.8, 4) is 0 Å². The number of benzene rings is 1. The molecule has 160 valence electrons. The van der Waals surface area contributed by atoms with Crippen LogP contribution in [0.4, 0.5) is 11.6 Å². The van der Waals surface area contributed by atoms with Gasteiger partial charge < -0.3 is 10.2 Å². The third kappa shape index (κ3) is 3.82. The van der Waals surface area contributed by atoms with Gasteiger partial charge in [-0.25, -0.2) is 14.3 Å². The second-order valence-electron chi connectivity index (χ2n) is 7.94. The molecule has 1 atom stereocenters. The molecule has 0 saturated carbocycles. The van der Waals surface area contributed by atoms with Crippen LogP contribution in [-0.4, -0.2) is 50.2 Å². The maximum Gasteiger partial charge on any atom is 0.278 e. The fourth-order valence-electron chi connectivity index (χ4n) is 4.02. The van der Waals surface area contributed by atoms with E-state index in [1.165, 1.54) is 26.7 Å². The van der Waals surface area contributed by atoms with Gasteiger partial charge in [0.05, 0.1) is 6.54 Å². The van der Waals surface area contributed by atoms with E-state index in [1.54, 1.807) is 18.2 Å². The van der Waals surface area contributed by atoms with E-state index >= 15 is 0 Å². The van der Waals surface area contributed by atoms with E-state index in [2.05, 4.69) is 53.0 Å². The van der Waals surface area contributed by atoms with Gasteiger partial charge in [0, 0.05) is 17.9 Å². The first kappa shape index (κ1) is 20.7. The van der Waals surface area contributed by atoms with Crippen molar-refractivity contribution in [3.63, 3.8) is 0 Å². The minimum absolute atomic E-state index is 0.147. The lowest BCUT2D eigenvalue weighted by Gasteiger charge is -2.17. The molecule has 0 saturated heterocycles. The van der Waals surface area contributed by atoms with Crippen LogP contribution in [0.1, 0.15) is 18.1 Å². The number of nitrogens with one attached hydrogen (secondary N) is 2. The minimum atomic E-state index is -0.247. The summed E-state index contributed by atoms with van der Waals surface area (Å²) in [7, 11) is 4.23. The Morgan fingerprint density at radius 1 is 1.35 bits per heavy atom. The summed E-state index contributed by atoms with van der Waals surface area (Å²) in [5, 5.41) is 12.0. The van der Waals surface area contributed by atoms with Gasteiger partial charge in [0.2, 0.25) is 5.95 Å². The maximum atomic E-state index is 12.8. The van der Waals surface area contributed by atoms with Crippen molar-refractivity contribution in [2.75, 3.05) is 19.4 Å². The predicted octanol–water partition coefficient (Wildman–Crippen LogP) is 2.95. The molecule has 0 spiro atoms. The molecule has 1 aromatic carbocycles. The zero-order chi connectivity index (χ0) is 22.1.